The maximum atomic E-state index is 8.82. The molecule has 1 fully saturated rings. The molecule has 1 saturated carbocycles. The molecule has 0 amide bonds. The highest BCUT2D eigenvalue weighted by Crippen LogP contribution is 2.28. The molecule has 96 valence electrons. The minimum absolute atomic E-state index is 0.0766. The number of nitrogens with zero attached hydrogens (tertiary/aromatic N) is 1. The van der Waals surface area contributed by atoms with Crippen LogP contribution in [0.2, 0.25) is 5.02 Å². The number of halogens is 1. The minimum Gasteiger partial charge on any atom is -0.488 e. The lowest BCUT2D eigenvalue weighted by Gasteiger charge is -2.30. The Morgan fingerprint density at radius 1 is 1.28 bits per heavy atom. The Morgan fingerprint density at radius 3 is 2.61 bits per heavy atom. The Balaban J connectivity index is 2.08. The minimum atomic E-state index is 0.0766. The lowest BCUT2D eigenvalue weighted by Crippen LogP contribution is -2.36. The van der Waals surface area contributed by atoms with Crippen molar-refractivity contribution in [1.82, 2.24) is 0 Å². The van der Waals surface area contributed by atoms with Crippen molar-refractivity contribution >= 4 is 11.6 Å². The van der Waals surface area contributed by atoms with Crippen LogP contribution in [0.25, 0.3) is 0 Å². The first-order valence-electron chi connectivity index (χ1n) is 6.13. The van der Waals surface area contributed by atoms with E-state index in [1.807, 2.05) is 6.07 Å². The van der Waals surface area contributed by atoms with Gasteiger partial charge in [0.2, 0.25) is 0 Å². The van der Waals surface area contributed by atoms with Crippen LogP contribution in [-0.2, 0) is 4.74 Å². The molecule has 18 heavy (non-hydrogen) atoms. The summed E-state index contributed by atoms with van der Waals surface area (Å²) in [5.41, 5.74) is 0.468. The molecule has 0 unspecified atom stereocenters. The van der Waals surface area contributed by atoms with E-state index in [0.717, 1.165) is 19.3 Å². The van der Waals surface area contributed by atoms with Gasteiger partial charge in [-0.05, 0) is 31.4 Å². The lowest BCUT2D eigenvalue weighted by atomic mass is 9.94. The largest absolute Gasteiger partial charge is 0.488 e. The van der Waals surface area contributed by atoms with Crippen LogP contribution in [0, 0.1) is 11.3 Å². The van der Waals surface area contributed by atoms with Gasteiger partial charge >= 0.3 is 0 Å². The molecule has 2 rings (SSSR count). The Kier molecular flexibility index (Phi) is 4.46. The van der Waals surface area contributed by atoms with Crippen LogP contribution in [-0.4, -0.2) is 19.3 Å². The van der Waals surface area contributed by atoms with Gasteiger partial charge < -0.3 is 9.47 Å². The van der Waals surface area contributed by atoms with Crippen LogP contribution in [0.1, 0.15) is 31.2 Å². The molecule has 0 bridgehead atoms. The predicted octanol–water partition coefficient (Wildman–Crippen LogP) is 3.55. The fourth-order valence-corrected chi connectivity index (χ4v) is 2.51. The molecule has 0 aromatic heterocycles. The second-order valence-electron chi connectivity index (χ2n) is 4.47. The molecule has 2 atom stereocenters. The first-order valence-corrected chi connectivity index (χ1v) is 6.51. The first-order chi connectivity index (χ1) is 8.74. The van der Waals surface area contributed by atoms with E-state index in [1.165, 1.54) is 6.42 Å². The topological polar surface area (TPSA) is 42.2 Å². The molecule has 0 saturated heterocycles. The Morgan fingerprint density at radius 2 is 2.00 bits per heavy atom. The van der Waals surface area contributed by atoms with Gasteiger partial charge in [-0.15, -0.1) is 0 Å². The van der Waals surface area contributed by atoms with E-state index in [-0.39, 0.29) is 12.2 Å². The zero-order valence-corrected chi connectivity index (χ0v) is 11.1. The summed E-state index contributed by atoms with van der Waals surface area (Å²) in [5, 5.41) is 9.25. The van der Waals surface area contributed by atoms with Crippen molar-refractivity contribution in [2.45, 2.75) is 37.9 Å². The SMILES string of the molecule is CO[C@H]1CCCC[C@H]1Oc1ccc(C#N)c(Cl)c1. The smallest absolute Gasteiger partial charge is 0.125 e. The average molecular weight is 266 g/mol. The number of ether oxygens (including phenoxy) is 2. The second kappa shape index (κ2) is 6.08. The van der Waals surface area contributed by atoms with Gasteiger partial charge in [-0.3, -0.25) is 0 Å². The molecule has 0 spiro atoms. The number of hydrogen-bond acceptors (Lipinski definition) is 3. The van der Waals surface area contributed by atoms with Crippen LogP contribution in [0.3, 0.4) is 0 Å². The molecular weight excluding hydrogens is 250 g/mol. The van der Waals surface area contributed by atoms with Crippen molar-refractivity contribution in [3.05, 3.63) is 28.8 Å². The molecule has 0 N–H and O–H groups in total. The highest BCUT2D eigenvalue weighted by Gasteiger charge is 2.26. The van der Waals surface area contributed by atoms with E-state index >= 15 is 0 Å². The van der Waals surface area contributed by atoms with Crippen molar-refractivity contribution in [3.63, 3.8) is 0 Å². The highest BCUT2D eigenvalue weighted by molar-refractivity contribution is 6.31. The van der Waals surface area contributed by atoms with E-state index in [4.69, 9.17) is 26.3 Å². The van der Waals surface area contributed by atoms with Crippen LogP contribution in [0.4, 0.5) is 0 Å². The van der Waals surface area contributed by atoms with Crippen LogP contribution in [0.5, 0.6) is 5.75 Å². The number of methoxy groups -OCH3 is 1. The summed E-state index contributed by atoms with van der Waals surface area (Å²) in [6, 6.07) is 7.20. The van der Waals surface area contributed by atoms with Gasteiger partial charge in [0, 0.05) is 13.2 Å². The quantitative estimate of drug-likeness (QED) is 0.839. The van der Waals surface area contributed by atoms with Gasteiger partial charge in [0.15, 0.2) is 0 Å². The van der Waals surface area contributed by atoms with Gasteiger partial charge in [0.1, 0.15) is 17.9 Å². The van der Waals surface area contributed by atoms with Gasteiger partial charge in [0.25, 0.3) is 0 Å². The van der Waals surface area contributed by atoms with Gasteiger partial charge in [-0.25, -0.2) is 0 Å². The molecule has 1 aromatic rings. The van der Waals surface area contributed by atoms with Crippen molar-refractivity contribution in [2.24, 2.45) is 0 Å². The number of hydrogen-bond donors (Lipinski definition) is 0. The summed E-state index contributed by atoms with van der Waals surface area (Å²) in [4.78, 5) is 0. The molecule has 0 radical (unpaired) electrons. The van der Waals surface area contributed by atoms with E-state index < -0.39 is 0 Å². The Labute approximate surface area is 112 Å². The molecule has 3 nitrogen and oxygen atoms in total. The molecule has 1 aromatic carbocycles. The summed E-state index contributed by atoms with van der Waals surface area (Å²) in [7, 11) is 1.72. The van der Waals surface area contributed by atoms with Crippen LogP contribution >= 0.6 is 11.6 Å². The van der Waals surface area contributed by atoms with E-state index in [2.05, 4.69) is 0 Å². The van der Waals surface area contributed by atoms with E-state index in [9.17, 15) is 0 Å². The summed E-state index contributed by atoms with van der Waals surface area (Å²) in [6.07, 6.45) is 4.60. The normalized spacial score (nSPS) is 23.4. The third-order valence-corrected chi connectivity index (χ3v) is 3.61. The molecular formula is C14H16ClNO2. The van der Waals surface area contributed by atoms with Crippen molar-refractivity contribution in [3.8, 4) is 11.8 Å². The number of rotatable bonds is 3. The maximum absolute atomic E-state index is 8.82. The summed E-state index contributed by atoms with van der Waals surface area (Å²) in [6.45, 7) is 0. The maximum Gasteiger partial charge on any atom is 0.125 e. The standard InChI is InChI=1S/C14H16ClNO2/c1-17-13-4-2-3-5-14(13)18-11-7-6-10(9-16)12(15)8-11/h6-8,13-14H,2-5H2,1H3/t13-,14+/m0/s1. The second-order valence-corrected chi connectivity index (χ2v) is 4.88. The summed E-state index contributed by atoms with van der Waals surface area (Å²) < 4.78 is 11.4. The third kappa shape index (κ3) is 2.95. The lowest BCUT2D eigenvalue weighted by molar-refractivity contribution is -0.0229. The zero-order valence-electron chi connectivity index (χ0n) is 10.4. The van der Waals surface area contributed by atoms with Crippen molar-refractivity contribution < 1.29 is 9.47 Å². The first kappa shape index (κ1) is 13.2. The summed E-state index contributed by atoms with van der Waals surface area (Å²) in [5.74, 6) is 0.702. The van der Waals surface area contributed by atoms with Gasteiger partial charge in [-0.1, -0.05) is 18.0 Å². The van der Waals surface area contributed by atoms with Crippen molar-refractivity contribution in [1.29, 1.82) is 5.26 Å². The Bertz CT molecular complexity index is 456. The Hall–Kier alpha value is -1.24. The predicted molar refractivity (Wildman–Crippen MR) is 69.8 cm³/mol. The van der Waals surface area contributed by atoms with Gasteiger partial charge in [0.05, 0.1) is 16.7 Å². The molecule has 0 aliphatic heterocycles. The average Bonchev–Trinajstić information content (AvgIpc) is 2.39. The fraction of sp³-hybridized carbons (Fsp3) is 0.500. The molecule has 1 aliphatic carbocycles. The molecule has 0 heterocycles. The van der Waals surface area contributed by atoms with E-state index in [1.54, 1.807) is 25.3 Å². The molecule has 4 heteroatoms. The highest BCUT2D eigenvalue weighted by atomic mass is 35.5. The number of nitriles is 1. The van der Waals surface area contributed by atoms with Crippen molar-refractivity contribution in [2.75, 3.05) is 7.11 Å². The van der Waals surface area contributed by atoms with E-state index in [0.29, 0.717) is 16.3 Å². The molecule has 1 aliphatic rings. The fourth-order valence-electron chi connectivity index (χ4n) is 2.30. The monoisotopic (exact) mass is 265 g/mol. The summed E-state index contributed by atoms with van der Waals surface area (Å²) >= 11 is 5.98. The third-order valence-electron chi connectivity index (χ3n) is 3.29. The van der Waals surface area contributed by atoms with Gasteiger partial charge in [-0.2, -0.15) is 5.26 Å². The van der Waals surface area contributed by atoms with Crippen LogP contribution < -0.4 is 4.74 Å². The number of benzene rings is 1. The van der Waals surface area contributed by atoms with Crippen LogP contribution in [0.15, 0.2) is 18.2 Å². The zero-order chi connectivity index (χ0) is 13.0.